The first kappa shape index (κ1) is 28.8. The molecule has 3 unspecified atom stereocenters. The van der Waals surface area contributed by atoms with Gasteiger partial charge in [0.15, 0.2) is 0 Å². The van der Waals surface area contributed by atoms with Crippen LogP contribution in [0.1, 0.15) is 55.8 Å². The van der Waals surface area contributed by atoms with E-state index in [1.165, 1.54) is 31.3 Å². The van der Waals surface area contributed by atoms with E-state index in [9.17, 15) is 9.65 Å². The van der Waals surface area contributed by atoms with Crippen molar-refractivity contribution in [1.82, 2.24) is 24.8 Å². The highest BCUT2D eigenvalue weighted by molar-refractivity contribution is 7.14. The number of pyridine rings is 1. The maximum Gasteiger partial charge on any atom is 0.322 e. The lowest BCUT2D eigenvalue weighted by Crippen LogP contribution is -2.58. The Kier molecular flexibility index (Phi) is 8.15. The number of fused-ring (bicyclic) bond motifs is 1. The third kappa shape index (κ3) is 5.71. The average Bonchev–Trinajstić information content (AvgIpc) is 3.65. The number of nitriles is 1. The summed E-state index contributed by atoms with van der Waals surface area (Å²) in [5, 5.41) is 12.0. The number of hydrogen-bond acceptors (Lipinski definition) is 12. The molecule has 11 nitrogen and oxygen atoms in total. The first-order chi connectivity index (χ1) is 19.6. The van der Waals surface area contributed by atoms with Gasteiger partial charge in [-0.1, -0.05) is 13.0 Å². The lowest BCUT2D eigenvalue weighted by atomic mass is 9.75. The largest absolute Gasteiger partial charge is 0.467 e. The molecule has 3 aliphatic rings. The van der Waals surface area contributed by atoms with Crippen molar-refractivity contribution < 1.29 is 9.13 Å². The summed E-state index contributed by atoms with van der Waals surface area (Å²) in [6.45, 7) is 7.28. The Hall–Kier alpha value is -3.76. The Balaban J connectivity index is 0.000000315. The first-order valence-corrected chi connectivity index (χ1v) is 14.7. The standard InChI is InChI=1S/C21H25N9OS.C7H12FN/c1-12(13-6-5-7-25-16(13)23)29(3)18-26-19(28-20(27-18)31-4)30-10-21(2,11-30)15-9-32-17(24)14(15)8-22;8-6-4-7-2-1-3-9(7)5-6/h5-7,9,12H,10-11,24H2,1-4H3,(H2,23,25);6-7H,1-5H2. The zero-order valence-electron chi connectivity index (χ0n) is 23.9. The topological polar surface area (TPSA) is 146 Å². The van der Waals surface area contributed by atoms with Crippen molar-refractivity contribution in [3.05, 3.63) is 40.4 Å². The molecule has 0 aromatic carbocycles. The van der Waals surface area contributed by atoms with Gasteiger partial charge in [0, 0.05) is 49.9 Å². The van der Waals surface area contributed by atoms with E-state index in [0.717, 1.165) is 24.1 Å². The van der Waals surface area contributed by atoms with Crippen LogP contribution in [0.3, 0.4) is 0 Å². The second-order valence-corrected chi connectivity index (χ2v) is 12.1. The van der Waals surface area contributed by atoms with Gasteiger partial charge < -0.3 is 26.0 Å². The molecule has 41 heavy (non-hydrogen) atoms. The van der Waals surface area contributed by atoms with E-state index in [2.05, 4.69) is 37.8 Å². The molecule has 0 saturated carbocycles. The number of nitrogens with zero attached hydrogens (tertiary/aromatic N) is 8. The number of rotatable bonds is 6. The number of ether oxygens (including phenoxy) is 1. The summed E-state index contributed by atoms with van der Waals surface area (Å²) in [4.78, 5) is 24.0. The van der Waals surface area contributed by atoms with Gasteiger partial charge in [-0.3, -0.25) is 4.90 Å². The van der Waals surface area contributed by atoms with Crippen molar-refractivity contribution in [3.63, 3.8) is 0 Å². The molecule has 6 heterocycles. The zero-order valence-corrected chi connectivity index (χ0v) is 24.7. The average molecular weight is 581 g/mol. The molecule has 0 bridgehead atoms. The highest BCUT2D eigenvalue weighted by Gasteiger charge is 2.44. The number of alkyl halides is 1. The Labute approximate surface area is 244 Å². The fourth-order valence-corrected chi connectivity index (χ4v) is 6.88. The van der Waals surface area contributed by atoms with Crippen LogP contribution in [-0.2, 0) is 5.41 Å². The van der Waals surface area contributed by atoms with Gasteiger partial charge in [0.05, 0.1) is 18.7 Å². The SMILES string of the molecule is COc1nc(N2CC(C)(c3csc(N)c3C#N)C2)nc(N(C)C(C)c2cccnc2N)n1.FC1CC2CCCN2C1. The van der Waals surface area contributed by atoms with Crippen molar-refractivity contribution in [2.24, 2.45) is 0 Å². The molecule has 4 N–H and O–H groups in total. The molecule has 0 amide bonds. The van der Waals surface area contributed by atoms with Crippen LogP contribution in [0.4, 0.5) is 27.1 Å². The fourth-order valence-electron chi connectivity index (χ4n) is 5.96. The minimum Gasteiger partial charge on any atom is -0.467 e. The molecule has 3 saturated heterocycles. The highest BCUT2D eigenvalue weighted by atomic mass is 32.1. The maximum atomic E-state index is 12.6. The minimum atomic E-state index is -0.518. The van der Waals surface area contributed by atoms with Crippen molar-refractivity contribution >= 4 is 34.1 Å². The molecule has 6 rings (SSSR count). The summed E-state index contributed by atoms with van der Waals surface area (Å²) in [5.41, 5.74) is 14.2. The Bertz CT molecular complexity index is 1410. The van der Waals surface area contributed by atoms with Gasteiger partial charge in [0.25, 0.3) is 0 Å². The van der Waals surface area contributed by atoms with Crippen molar-refractivity contribution in [2.45, 2.75) is 56.8 Å². The van der Waals surface area contributed by atoms with Gasteiger partial charge in [0.1, 0.15) is 23.1 Å². The molecule has 3 aromatic heterocycles. The van der Waals surface area contributed by atoms with E-state index in [4.69, 9.17) is 16.2 Å². The van der Waals surface area contributed by atoms with Gasteiger partial charge >= 0.3 is 6.01 Å². The summed E-state index contributed by atoms with van der Waals surface area (Å²) in [6, 6.07) is 6.74. The van der Waals surface area contributed by atoms with Crippen LogP contribution < -0.4 is 26.0 Å². The molecule has 3 atom stereocenters. The van der Waals surface area contributed by atoms with Crippen LogP contribution in [-0.4, -0.2) is 77.4 Å². The first-order valence-electron chi connectivity index (χ1n) is 13.8. The molecular weight excluding hydrogens is 543 g/mol. The monoisotopic (exact) mass is 580 g/mol. The third-order valence-electron chi connectivity index (χ3n) is 8.40. The fraction of sp³-hybridized carbons (Fsp3) is 0.536. The molecule has 3 aromatic rings. The second kappa shape index (κ2) is 11.6. The maximum absolute atomic E-state index is 12.6. The highest BCUT2D eigenvalue weighted by Crippen LogP contribution is 2.42. The summed E-state index contributed by atoms with van der Waals surface area (Å²) >= 11 is 1.40. The summed E-state index contributed by atoms with van der Waals surface area (Å²) in [6.07, 6.45) is 4.47. The van der Waals surface area contributed by atoms with Crippen LogP contribution in [0.2, 0.25) is 0 Å². The van der Waals surface area contributed by atoms with Crippen LogP contribution in [0.15, 0.2) is 23.7 Å². The van der Waals surface area contributed by atoms with Crippen molar-refractivity contribution in [2.75, 3.05) is 61.6 Å². The number of nitrogen functional groups attached to an aromatic ring is 2. The zero-order chi connectivity index (χ0) is 29.3. The van der Waals surface area contributed by atoms with Crippen LogP contribution in [0.25, 0.3) is 0 Å². The molecule has 3 fully saturated rings. The third-order valence-corrected chi connectivity index (χ3v) is 9.21. The quantitative estimate of drug-likeness (QED) is 0.441. The van der Waals surface area contributed by atoms with Crippen molar-refractivity contribution in [1.29, 1.82) is 5.26 Å². The lowest BCUT2D eigenvalue weighted by molar-refractivity contribution is 0.292. The minimum absolute atomic E-state index is 0.114. The second-order valence-electron chi connectivity index (χ2n) is 11.2. The van der Waals surface area contributed by atoms with E-state index in [0.29, 0.717) is 54.0 Å². The molecule has 0 aliphatic carbocycles. The molecule has 3 aliphatic heterocycles. The predicted molar refractivity (Wildman–Crippen MR) is 159 cm³/mol. The number of halogens is 1. The molecule has 0 spiro atoms. The summed E-state index contributed by atoms with van der Waals surface area (Å²) in [5.74, 6) is 1.45. The summed E-state index contributed by atoms with van der Waals surface area (Å²) in [7, 11) is 3.42. The van der Waals surface area contributed by atoms with Gasteiger partial charge in [-0.05, 0) is 49.7 Å². The number of anilines is 4. The smallest absolute Gasteiger partial charge is 0.322 e. The molecule has 0 radical (unpaired) electrons. The summed E-state index contributed by atoms with van der Waals surface area (Å²) < 4.78 is 17.9. The van der Waals surface area contributed by atoms with Gasteiger partial charge in [0.2, 0.25) is 11.9 Å². The molecular formula is C28H37FN10OS. The van der Waals surface area contributed by atoms with E-state index in [1.807, 2.05) is 41.3 Å². The number of nitrogens with two attached hydrogens (primary N) is 2. The van der Waals surface area contributed by atoms with E-state index >= 15 is 0 Å². The van der Waals surface area contributed by atoms with Crippen molar-refractivity contribution in [3.8, 4) is 12.1 Å². The number of aromatic nitrogens is 4. The van der Waals surface area contributed by atoms with E-state index < -0.39 is 6.17 Å². The lowest BCUT2D eigenvalue weighted by Gasteiger charge is -2.48. The number of methoxy groups -OCH3 is 1. The van der Waals surface area contributed by atoms with Crippen LogP contribution >= 0.6 is 11.3 Å². The number of thiophene rings is 1. The predicted octanol–water partition coefficient (Wildman–Crippen LogP) is 3.54. The normalized spacial score (nSPS) is 21.7. The van der Waals surface area contributed by atoms with E-state index in [1.54, 1.807) is 6.20 Å². The Morgan fingerprint density at radius 1 is 1.29 bits per heavy atom. The van der Waals surface area contributed by atoms with Gasteiger partial charge in [-0.15, -0.1) is 11.3 Å². The molecule has 13 heteroatoms. The molecule has 218 valence electrons. The Morgan fingerprint density at radius 3 is 2.76 bits per heavy atom. The van der Waals surface area contributed by atoms with Crippen LogP contribution in [0.5, 0.6) is 6.01 Å². The Morgan fingerprint density at radius 2 is 2.07 bits per heavy atom. The van der Waals surface area contributed by atoms with Crippen LogP contribution in [0, 0.1) is 11.3 Å². The van der Waals surface area contributed by atoms with E-state index in [-0.39, 0.29) is 17.5 Å². The van der Waals surface area contributed by atoms with Gasteiger partial charge in [-0.25, -0.2) is 9.37 Å². The van der Waals surface area contributed by atoms with Gasteiger partial charge in [-0.2, -0.15) is 20.2 Å². The number of hydrogen-bond donors (Lipinski definition) is 2.